The summed E-state index contributed by atoms with van der Waals surface area (Å²) in [4.78, 5) is 11.6. The van der Waals surface area contributed by atoms with Crippen molar-refractivity contribution in [1.82, 2.24) is 10.0 Å². The Labute approximate surface area is 164 Å². The molecule has 2 aromatic carbocycles. The second-order valence-corrected chi connectivity index (χ2v) is 7.59. The first-order valence-corrected chi connectivity index (χ1v) is 9.88. The lowest BCUT2D eigenvalue weighted by Gasteiger charge is -2.10. The van der Waals surface area contributed by atoms with Gasteiger partial charge in [0.1, 0.15) is 18.2 Å². The average molecular weight is 434 g/mol. The fraction of sp³-hybridized carbons (Fsp3) is 0.278. The number of rotatable bonds is 9. The van der Waals surface area contributed by atoms with Gasteiger partial charge >= 0.3 is 6.18 Å². The molecule has 2 N–H and O–H groups in total. The zero-order valence-electron chi connectivity index (χ0n) is 15.0. The topological polar surface area (TPSA) is 84.5 Å². The van der Waals surface area contributed by atoms with Crippen LogP contribution in [-0.2, 0) is 21.0 Å². The number of sulfonamides is 1. The molecule has 0 bridgehead atoms. The molecule has 0 aliphatic heterocycles. The fourth-order valence-corrected chi connectivity index (χ4v) is 3.22. The number of ether oxygens (including phenoxy) is 1. The molecule has 0 aromatic heterocycles. The predicted molar refractivity (Wildman–Crippen MR) is 96.2 cm³/mol. The van der Waals surface area contributed by atoms with Crippen LogP contribution in [0.1, 0.15) is 12.0 Å². The number of carbonyl (C=O) groups excluding carboxylic acids is 1. The van der Waals surface area contributed by atoms with E-state index in [2.05, 4.69) is 10.0 Å². The summed E-state index contributed by atoms with van der Waals surface area (Å²) in [6, 6.07) is 8.37. The first-order valence-electron chi connectivity index (χ1n) is 8.40. The van der Waals surface area contributed by atoms with Gasteiger partial charge in [0.2, 0.25) is 15.9 Å². The Balaban J connectivity index is 1.66. The largest absolute Gasteiger partial charge is 0.492 e. The Morgan fingerprint density at radius 3 is 2.17 bits per heavy atom. The number of carbonyl (C=O) groups is 1. The summed E-state index contributed by atoms with van der Waals surface area (Å²) in [5.74, 6) is -0.788. The maximum absolute atomic E-state index is 12.8. The third-order valence-electron chi connectivity index (χ3n) is 3.64. The van der Waals surface area contributed by atoms with E-state index in [0.29, 0.717) is 0 Å². The lowest BCUT2D eigenvalue weighted by atomic mass is 10.2. The molecule has 0 aliphatic rings. The van der Waals surface area contributed by atoms with Crippen molar-refractivity contribution < 1.29 is 35.5 Å². The van der Waals surface area contributed by atoms with Gasteiger partial charge in [0, 0.05) is 13.0 Å². The smallest absolute Gasteiger partial charge is 0.416 e. The van der Waals surface area contributed by atoms with Crippen molar-refractivity contribution in [3.8, 4) is 5.75 Å². The molecule has 0 heterocycles. The standard InChI is InChI=1S/C18H18F4N2O4S/c19-14-3-7-16(8-4-14)29(26,27)24-10-9-17(25)23-11-12-28-15-5-1-13(2-6-15)18(20,21)22/h1-8,24H,9-12H2,(H,23,25). The van der Waals surface area contributed by atoms with Crippen LogP contribution in [0, 0.1) is 5.82 Å². The SMILES string of the molecule is O=C(CCNS(=O)(=O)c1ccc(F)cc1)NCCOc1ccc(C(F)(F)F)cc1. The molecule has 29 heavy (non-hydrogen) atoms. The summed E-state index contributed by atoms with van der Waals surface area (Å²) in [5.41, 5.74) is -0.791. The highest BCUT2D eigenvalue weighted by molar-refractivity contribution is 7.89. The molecule has 1 amide bonds. The first-order chi connectivity index (χ1) is 13.6. The number of nitrogens with one attached hydrogen (secondary N) is 2. The molecule has 0 fully saturated rings. The number of amides is 1. The van der Waals surface area contributed by atoms with Crippen LogP contribution < -0.4 is 14.8 Å². The normalized spacial score (nSPS) is 11.9. The van der Waals surface area contributed by atoms with E-state index in [-0.39, 0.29) is 36.8 Å². The maximum atomic E-state index is 12.8. The number of halogens is 4. The average Bonchev–Trinajstić information content (AvgIpc) is 2.65. The molecule has 11 heteroatoms. The van der Waals surface area contributed by atoms with E-state index >= 15 is 0 Å². The van der Waals surface area contributed by atoms with Crippen molar-refractivity contribution in [1.29, 1.82) is 0 Å². The third-order valence-corrected chi connectivity index (χ3v) is 5.12. The molecule has 0 saturated heterocycles. The number of benzene rings is 2. The van der Waals surface area contributed by atoms with Gasteiger partial charge in [-0.05, 0) is 48.5 Å². The number of alkyl halides is 3. The van der Waals surface area contributed by atoms with E-state index in [1.54, 1.807) is 0 Å². The van der Waals surface area contributed by atoms with Crippen LogP contribution >= 0.6 is 0 Å². The van der Waals surface area contributed by atoms with Crippen LogP contribution in [0.5, 0.6) is 5.75 Å². The Morgan fingerprint density at radius 1 is 0.966 bits per heavy atom. The van der Waals surface area contributed by atoms with E-state index < -0.39 is 33.5 Å². The van der Waals surface area contributed by atoms with Crippen molar-refractivity contribution in [3.63, 3.8) is 0 Å². The summed E-state index contributed by atoms with van der Waals surface area (Å²) in [5, 5.41) is 2.49. The van der Waals surface area contributed by atoms with E-state index in [1.165, 1.54) is 12.1 Å². The maximum Gasteiger partial charge on any atom is 0.416 e. The van der Waals surface area contributed by atoms with Gasteiger partial charge < -0.3 is 10.1 Å². The lowest BCUT2D eigenvalue weighted by Crippen LogP contribution is -2.32. The minimum Gasteiger partial charge on any atom is -0.492 e. The van der Waals surface area contributed by atoms with Gasteiger partial charge in [0.05, 0.1) is 17.0 Å². The van der Waals surface area contributed by atoms with Crippen LogP contribution in [0.2, 0.25) is 0 Å². The lowest BCUT2D eigenvalue weighted by molar-refractivity contribution is -0.137. The zero-order valence-corrected chi connectivity index (χ0v) is 15.8. The highest BCUT2D eigenvalue weighted by Crippen LogP contribution is 2.30. The molecule has 2 rings (SSSR count). The second kappa shape index (κ2) is 9.70. The Hall–Kier alpha value is -2.66. The molecule has 6 nitrogen and oxygen atoms in total. The van der Waals surface area contributed by atoms with Crippen LogP contribution in [0.4, 0.5) is 17.6 Å². The molecule has 0 unspecified atom stereocenters. The minimum absolute atomic E-state index is 0.0262. The van der Waals surface area contributed by atoms with E-state index in [4.69, 9.17) is 4.74 Å². The zero-order chi connectivity index (χ0) is 21.5. The van der Waals surface area contributed by atoms with Crippen LogP contribution in [-0.4, -0.2) is 34.0 Å². The van der Waals surface area contributed by atoms with Gasteiger partial charge in [-0.2, -0.15) is 13.2 Å². The van der Waals surface area contributed by atoms with Crippen molar-refractivity contribution in [2.75, 3.05) is 19.7 Å². The monoisotopic (exact) mass is 434 g/mol. The van der Waals surface area contributed by atoms with Crippen molar-refractivity contribution in [2.24, 2.45) is 0 Å². The predicted octanol–water partition coefficient (Wildman–Crippen LogP) is 2.71. The second-order valence-electron chi connectivity index (χ2n) is 5.82. The Morgan fingerprint density at radius 2 is 1.59 bits per heavy atom. The summed E-state index contributed by atoms with van der Waals surface area (Å²) in [6.45, 7) is -0.0473. The molecular weight excluding hydrogens is 416 g/mol. The van der Waals surface area contributed by atoms with Crippen molar-refractivity contribution in [2.45, 2.75) is 17.5 Å². The van der Waals surface area contributed by atoms with Crippen LogP contribution in [0.15, 0.2) is 53.4 Å². The first kappa shape index (κ1) is 22.6. The van der Waals surface area contributed by atoms with Gasteiger partial charge in [0.25, 0.3) is 0 Å². The molecular formula is C18H18F4N2O4S. The van der Waals surface area contributed by atoms with E-state index in [0.717, 1.165) is 36.4 Å². The fourth-order valence-electron chi connectivity index (χ4n) is 2.18. The summed E-state index contributed by atoms with van der Waals surface area (Å²) < 4.78 is 81.6. The van der Waals surface area contributed by atoms with Crippen molar-refractivity contribution >= 4 is 15.9 Å². The van der Waals surface area contributed by atoms with Crippen molar-refractivity contribution in [3.05, 3.63) is 59.9 Å². The van der Waals surface area contributed by atoms with E-state index in [9.17, 15) is 30.8 Å². The molecule has 0 saturated carbocycles. The Kier molecular flexibility index (Phi) is 7.57. The summed E-state index contributed by atoms with van der Waals surface area (Å²) >= 11 is 0. The van der Waals surface area contributed by atoms with Gasteiger partial charge in [-0.3, -0.25) is 4.79 Å². The number of hydrogen-bond donors (Lipinski definition) is 2. The minimum atomic E-state index is -4.43. The molecule has 0 radical (unpaired) electrons. The van der Waals surface area contributed by atoms with Gasteiger partial charge in [-0.25, -0.2) is 17.5 Å². The molecule has 0 atom stereocenters. The molecule has 0 aliphatic carbocycles. The highest BCUT2D eigenvalue weighted by Gasteiger charge is 2.30. The quantitative estimate of drug-likeness (QED) is 0.470. The molecule has 158 valence electrons. The van der Waals surface area contributed by atoms with Crippen LogP contribution in [0.25, 0.3) is 0 Å². The highest BCUT2D eigenvalue weighted by atomic mass is 32.2. The van der Waals surface area contributed by atoms with Crippen LogP contribution in [0.3, 0.4) is 0 Å². The van der Waals surface area contributed by atoms with Gasteiger partial charge in [-0.15, -0.1) is 0 Å². The number of hydrogen-bond acceptors (Lipinski definition) is 4. The third kappa shape index (κ3) is 7.35. The Bertz CT molecular complexity index is 914. The molecule has 2 aromatic rings. The van der Waals surface area contributed by atoms with E-state index in [1.807, 2.05) is 0 Å². The summed E-state index contributed by atoms with van der Waals surface area (Å²) in [7, 11) is -3.85. The van der Waals surface area contributed by atoms with Gasteiger partial charge in [-0.1, -0.05) is 0 Å². The summed E-state index contributed by atoms with van der Waals surface area (Å²) in [6.07, 6.45) is -4.56. The van der Waals surface area contributed by atoms with Gasteiger partial charge in [0.15, 0.2) is 0 Å². The molecule has 0 spiro atoms.